The second kappa shape index (κ2) is 7.03. The molecule has 2 atom stereocenters. The monoisotopic (exact) mass is 339 g/mol. The fourth-order valence-electron chi connectivity index (χ4n) is 3.53. The highest BCUT2D eigenvalue weighted by molar-refractivity contribution is 5.96. The molecule has 0 bridgehead atoms. The lowest BCUT2D eigenvalue weighted by molar-refractivity contribution is -0.384. The molecule has 1 saturated heterocycles. The zero-order chi connectivity index (χ0) is 18.0. The fraction of sp³-hybridized carbons (Fsp3) is 0.316. The Morgan fingerprint density at radius 3 is 2.56 bits per heavy atom. The maximum Gasteiger partial charge on any atom is 0.269 e. The van der Waals surface area contributed by atoms with Crippen LogP contribution in [0.1, 0.15) is 27.4 Å². The highest BCUT2D eigenvalue weighted by Gasteiger charge is 2.36. The zero-order valence-electron chi connectivity index (χ0n) is 14.1. The van der Waals surface area contributed by atoms with Crippen molar-refractivity contribution < 1.29 is 9.72 Å². The van der Waals surface area contributed by atoms with Crippen LogP contribution in [0.3, 0.4) is 0 Å². The predicted octanol–water partition coefficient (Wildman–Crippen LogP) is 2.72. The van der Waals surface area contributed by atoms with E-state index in [-0.39, 0.29) is 23.4 Å². The first-order chi connectivity index (χ1) is 12.0. The first-order valence-electron chi connectivity index (χ1n) is 8.30. The predicted molar refractivity (Wildman–Crippen MR) is 95.5 cm³/mol. The molecule has 6 nitrogen and oxygen atoms in total. The van der Waals surface area contributed by atoms with Crippen molar-refractivity contribution in [3.05, 3.63) is 75.3 Å². The van der Waals surface area contributed by atoms with Crippen LogP contribution in [0.4, 0.5) is 5.69 Å². The van der Waals surface area contributed by atoms with Crippen LogP contribution in [-0.2, 0) is 0 Å². The average Bonchev–Trinajstić information content (AvgIpc) is 3.06. The third-order valence-electron chi connectivity index (χ3n) is 4.91. The molecule has 130 valence electrons. The number of carbonyl (C=O) groups excluding carboxylic acids is 1. The van der Waals surface area contributed by atoms with E-state index in [9.17, 15) is 14.9 Å². The molecule has 6 heteroatoms. The third kappa shape index (κ3) is 3.39. The number of nitro benzene ring substituents is 1. The number of rotatable bonds is 4. The lowest BCUT2D eigenvalue weighted by Crippen LogP contribution is -2.30. The number of nitrogens with two attached hydrogens (primary N) is 1. The third-order valence-corrected chi connectivity index (χ3v) is 4.91. The van der Waals surface area contributed by atoms with Gasteiger partial charge >= 0.3 is 0 Å². The van der Waals surface area contributed by atoms with E-state index >= 15 is 0 Å². The summed E-state index contributed by atoms with van der Waals surface area (Å²) in [6, 6.07) is 14.5. The summed E-state index contributed by atoms with van der Waals surface area (Å²) in [5.41, 5.74) is 8.25. The van der Waals surface area contributed by atoms with Crippen molar-refractivity contribution in [1.82, 2.24) is 4.90 Å². The molecule has 2 aromatic carbocycles. The quantitative estimate of drug-likeness (QED) is 0.685. The van der Waals surface area contributed by atoms with Gasteiger partial charge in [0.05, 0.1) is 4.92 Å². The molecule has 0 aliphatic carbocycles. The van der Waals surface area contributed by atoms with Gasteiger partial charge < -0.3 is 10.6 Å². The standard InChI is InChI=1S/C19H21N3O3/c1-13-9-16(22(24)25)7-8-17(13)19(23)21-11-15(10-20)18(12-21)14-5-3-2-4-6-14/h2-9,15,18H,10-12,20H2,1H3/t15-,18+/m1/s1. The smallest absolute Gasteiger partial charge is 0.269 e. The molecule has 1 fully saturated rings. The number of amides is 1. The van der Waals surface area contributed by atoms with Crippen molar-refractivity contribution in [2.24, 2.45) is 11.7 Å². The van der Waals surface area contributed by atoms with Gasteiger partial charge in [0.2, 0.25) is 0 Å². The number of aryl methyl sites for hydroxylation is 1. The highest BCUT2D eigenvalue weighted by atomic mass is 16.6. The molecule has 1 aliphatic rings. The van der Waals surface area contributed by atoms with Crippen LogP contribution in [0.25, 0.3) is 0 Å². The molecule has 25 heavy (non-hydrogen) atoms. The van der Waals surface area contributed by atoms with Crippen molar-refractivity contribution in [3.8, 4) is 0 Å². The van der Waals surface area contributed by atoms with E-state index in [0.717, 1.165) is 0 Å². The van der Waals surface area contributed by atoms with Crippen LogP contribution < -0.4 is 5.73 Å². The van der Waals surface area contributed by atoms with Gasteiger partial charge in [0.25, 0.3) is 11.6 Å². The molecule has 0 saturated carbocycles. The van der Waals surface area contributed by atoms with Gasteiger partial charge in [-0.05, 0) is 36.6 Å². The van der Waals surface area contributed by atoms with E-state index in [1.165, 1.54) is 17.7 Å². The van der Waals surface area contributed by atoms with Crippen LogP contribution in [0, 0.1) is 23.0 Å². The summed E-state index contributed by atoms with van der Waals surface area (Å²) < 4.78 is 0. The molecule has 1 aliphatic heterocycles. The normalized spacial score (nSPS) is 19.8. The molecule has 2 aromatic rings. The van der Waals surface area contributed by atoms with Gasteiger partial charge in [-0.1, -0.05) is 30.3 Å². The minimum Gasteiger partial charge on any atom is -0.338 e. The van der Waals surface area contributed by atoms with Crippen LogP contribution in [-0.4, -0.2) is 35.4 Å². The molecule has 0 radical (unpaired) electrons. The van der Waals surface area contributed by atoms with Gasteiger partial charge in [-0.25, -0.2) is 0 Å². The van der Waals surface area contributed by atoms with E-state index in [2.05, 4.69) is 12.1 Å². The second-order valence-corrected chi connectivity index (χ2v) is 6.48. The first kappa shape index (κ1) is 17.1. The van der Waals surface area contributed by atoms with Gasteiger partial charge in [0, 0.05) is 36.7 Å². The molecule has 3 rings (SSSR count). The molecule has 0 aromatic heterocycles. The Morgan fingerprint density at radius 2 is 1.96 bits per heavy atom. The Hall–Kier alpha value is -2.73. The summed E-state index contributed by atoms with van der Waals surface area (Å²) in [6.45, 7) is 3.46. The molecule has 0 unspecified atom stereocenters. The van der Waals surface area contributed by atoms with E-state index < -0.39 is 4.92 Å². The number of nitro groups is 1. The van der Waals surface area contributed by atoms with Gasteiger partial charge in [-0.15, -0.1) is 0 Å². The number of carbonyl (C=O) groups is 1. The molecule has 1 amide bonds. The molecular weight excluding hydrogens is 318 g/mol. The number of hydrogen-bond acceptors (Lipinski definition) is 4. The van der Waals surface area contributed by atoms with Crippen LogP contribution >= 0.6 is 0 Å². The lowest BCUT2D eigenvalue weighted by Gasteiger charge is -2.18. The summed E-state index contributed by atoms with van der Waals surface area (Å²) in [5.74, 6) is 0.336. The fourth-order valence-corrected chi connectivity index (χ4v) is 3.53. The maximum absolute atomic E-state index is 12.9. The first-order valence-corrected chi connectivity index (χ1v) is 8.30. The molecule has 0 spiro atoms. The van der Waals surface area contributed by atoms with Crippen molar-refractivity contribution in [1.29, 1.82) is 0 Å². The number of likely N-dealkylation sites (tertiary alicyclic amines) is 1. The number of non-ortho nitro benzene ring substituents is 1. The van der Waals surface area contributed by atoms with E-state index in [4.69, 9.17) is 5.73 Å². The van der Waals surface area contributed by atoms with Crippen LogP contribution in [0.15, 0.2) is 48.5 Å². The van der Waals surface area contributed by atoms with Gasteiger partial charge in [-0.2, -0.15) is 0 Å². The zero-order valence-corrected chi connectivity index (χ0v) is 14.1. The average molecular weight is 339 g/mol. The van der Waals surface area contributed by atoms with Crippen molar-refractivity contribution >= 4 is 11.6 Å². The summed E-state index contributed by atoms with van der Waals surface area (Å²) in [4.78, 5) is 25.1. The summed E-state index contributed by atoms with van der Waals surface area (Å²) in [7, 11) is 0. The van der Waals surface area contributed by atoms with Crippen molar-refractivity contribution in [2.45, 2.75) is 12.8 Å². The highest BCUT2D eigenvalue weighted by Crippen LogP contribution is 2.33. The van der Waals surface area contributed by atoms with Crippen LogP contribution in [0.5, 0.6) is 0 Å². The minimum atomic E-state index is -0.451. The number of hydrogen-bond donors (Lipinski definition) is 1. The molecular formula is C19H21N3O3. The summed E-state index contributed by atoms with van der Waals surface area (Å²) in [6.07, 6.45) is 0. The van der Waals surface area contributed by atoms with Crippen LogP contribution in [0.2, 0.25) is 0 Å². The van der Waals surface area contributed by atoms with Gasteiger partial charge in [0.15, 0.2) is 0 Å². The van der Waals surface area contributed by atoms with Crippen molar-refractivity contribution in [2.75, 3.05) is 19.6 Å². The SMILES string of the molecule is Cc1cc([N+](=O)[O-])ccc1C(=O)N1C[C@@H](CN)[C@H](c2ccccc2)C1. The Labute approximate surface area is 146 Å². The molecule has 1 heterocycles. The Bertz CT molecular complexity index is 792. The Balaban J connectivity index is 1.83. The van der Waals surface area contributed by atoms with Gasteiger partial charge in [0.1, 0.15) is 0 Å². The van der Waals surface area contributed by atoms with E-state index in [1.807, 2.05) is 23.1 Å². The maximum atomic E-state index is 12.9. The Kier molecular flexibility index (Phi) is 4.81. The minimum absolute atomic E-state index is 0.00234. The largest absolute Gasteiger partial charge is 0.338 e. The lowest BCUT2D eigenvalue weighted by atomic mass is 9.89. The summed E-state index contributed by atoms with van der Waals surface area (Å²) >= 11 is 0. The number of benzene rings is 2. The topological polar surface area (TPSA) is 89.5 Å². The van der Waals surface area contributed by atoms with Gasteiger partial charge in [-0.3, -0.25) is 14.9 Å². The van der Waals surface area contributed by atoms with Crippen molar-refractivity contribution in [3.63, 3.8) is 0 Å². The number of nitrogens with zero attached hydrogens (tertiary/aromatic N) is 2. The van der Waals surface area contributed by atoms with E-state index in [1.54, 1.807) is 13.0 Å². The summed E-state index contributed by atoms with van der Waals surface area (Å²) in [5, 5.41) is 10.9. The van der Waals surface area contributed by atoms with E-state index in [0.29, 0.717) is 30.8 Å². The second-order valence-electron chi connectivity index (χ2n) is 6.48. The Morgan fingerprint density at radius 1 is 1.24 bits per heavy atom. The molecule has 2 N–H and O–H groups in total.